The normalized spacial score (nSPS) is 23.0. The highest BCUT2D eigenvalue weighted by atomic mass is 16.5. The number of amides is 2. The first kappa shape index (κ1) is 26.5. The van der Waals surface area contributed by atoms with Crippen LogP contribution in [-0.4, -0.2) is 47.0 Å². The minimum Gasteiger partial charge on any atom is -0.452 e. The molecule has 0 unspecified atom stereocenters. The first-order valence-electron chi connectivity index (χ1n) is 14.6. The van der Waals surface area contributed by atoms with Crippen LogP contribution in [-0.2, 0) is 27.2 Å². The summed E-state index contributed by atoms with van der Waals surface area (Å²) in [6.07, 6.45) is 7.32. The molecule has 0 spiro atoms. The van der Waals surface area contributed by atoms with Crippen molar-refractivity contribution in [2.75, 3.05) is 23.5 Å². The number of methoxy groups -OCH3 is 1. The van der Waals surface area contributed by atoms with Crippen molar-refractivity contribution >= 4 is 40.2 Å². The molecule has 1 saturated heterocycles. The summed E-state index contributed by atoms with van der Waals surface area (Å²) in [5.41, 5.74) is 6.05. The minimum atomic E-state index is -0.347. The van der Waals surface area contributed by atoms with Gasteiger partial charge in [-0.15, -0.1) is 0 Å². The zero-order valence-corrected chi connectivity index (χ0v) is 23.7. The van der Waals surface area contributed by atoms with Crippen LogP contribution in [0.4, 0.5) is 16.2 Å². The Kier molecular flexibility index (Phi) is 7.11. The Morgan fingerprint density at radius 1 is 1.02 bits per heavy atom. The average Bonchev–Trinajstić information content (AvgIpc) is 3.56. The van der Waals surface area contributed by atoms with Gasteiger partial charge in [-0.3, -0.25) is 14.5 Å². The largest absolute Gasteiger partial charge is 0.452 e. The van der Waals surface area contributed by atoms with Gasteiger partial charge in [0.05, 0.1) is 23.8 Å². The van der Waals surface area contributed by atoms with E-state index in [1.54, 1.807) is 11.8 Å². The summed E-state index contributed by atoms with van der Waals surface area (Å²) >= 11 is 0. The van der Waals surface area contributed by atoms with Gasteiger partial charge >= 0.3 is 6.09 Å². The number of imidazole rings is 1. The highest BCUT2D eigenvalue weighted by Crippen LogP contribution is 2.41. The number of fused-ring (bicyclic) bond motifs is 3. The molecule has 2 fully saturated rings. The molecular weight excluding hydrogens is 504 g/mol. The van der Waals surface area contributed by atoms with Crippen molar-refractivity contribution in [3.63, 3.8) is 0 Å². The second-order valence-corrected chi connectivity index (χ2v) is 11.7. The first-order valence-corrected chi connectivity index (χ1v) is 14.6. The molecule has 2 aromatic carbocycles. The summed E-state index contributed by atoms with van der Waals surface area (Å²) in [6, 6.07) is 12.7. The summed E-state index contributed by atoms with van der Waals surface area (Å²) < 4.78 is 7.50. The third-order valence-corrected chi connectivity index (χ3v) is 9.17. The second-order valence-electron chi connectivity index (χ2n) is 11.7. The Labute approximate surface area is 235 Å². The molecule has 8 heteroatoms. The van der Waals surface area contributed by atoms with E-state index in [0.29, 0.717) is 12.8 Å². The molecule has 1 saturated carbocycles. The SMILES string of the molecule is COC(=O)N1c2ccc3c(nc(Cc4ccc(N5CCCC5=O)cc4)n3[C@@H]3CCC[C@@H](C(C)=O)C3)c2CC[C@@H]1C. The van der Waals surface area contributed by atoms with Crippen LogP contribution in [0.15, 0.2) is 36.4 Å². The van der Waals surface area contributed by atoms with Gasteiger partial charge in [0.1, 0.15) is 11.6 Å². The number of aryl methyl sites for hydroxylation is 1. The molecule has 1 aromatic heterocycles. The van der Waals surface area contributed by atoms with Crippen LogP contribution in [0.25, 0.3) is 11.0 Å². The Bertz CT molecular complexity index is 1460. The van der Waals surface area contributed by atoms with Gasteiger partial charge in [-0.2, -0.15) is 0 Å². The van der Waals surface area contributed by atoms with Gasteiger partial charge in [0, 0.05) is 48.6 Å². The second kappa shape index (κ2) is 10.7. The molecule has 2 amide bonds. The molecule has 3 atom stereocenters. The lowest BCUT2D eigenvalue weighted by molar-refractivity contribution is -0.122. The summed E-state index contributed by atoms with van der Waals surface area (Å²) in [7, 11) is 1.42. The van der Waals surface area contributed by atoms with E-state index in [1.807, 2.05) is 23.1 Å². The number of Topliss-reactive ketones (excluding diaryl/α,β-unsaturated/α-hetero) is 1. The number of carbonyl (C=O) groups is 3. The predicted molar refractivity (Wildman–Crippen MR) is 155 cm³/mol. The monoisotopic (exact) mass is 542 g/mol. The van der Waals surface area contributed by atoms with Gasteiger partial charge in [0.2, 0.25) is 5.91 Å². The first-order chi connectivity index (χ1) is 19.4. The Morgan fingerprint density at radius 2 is 1.82 bits per heavy atom. The smallest absolute Gasteiger partial charge is 0.414 e. The van der Waals surface area contributed by atoms with Crippen LogP contribution in [0.3, 0.4) is 0 Å². The van der Waals surface area contributed by atoms with E-state index >= 15 is 0 Å². The fourth-order valence-corrected chi connectivity index (χ4v) is 7.02. The maximum absolute atomic E-state index is 12.7. The predicted octanol–water partition coefficient (Wildman–Crippen LogP) is 5.98. The summed E-state index contributed by atoms with van der Waals surface area (Å²) in [4.78, 5) is 46.2. The molecule has 210 valence electrons. The van der Waals surface area contributed by atoms with E-state index in [1.165, 1.54) is 7.11 Å². The number of hydrogen-bond donors (Lipinski definition) is 0. The van der Waals surface area contributed by atoms with E-state index < -0.39 is 0 Å². The number of ether oxygens (including phenoxy) is 1. The van der Waals surface area contributed by atoms with Gasteiger partial charge in [0.25, 0.3) is 0 Å². The number of anilines is 2. The van der Waals surface area contributed by atoms with Crippen molar-refractivity contribution in [3.8, 4) is 0 Å². The Hall–Kier alpha value is -3.68. The minimum absolute atomic E-state index is 0.0506. The van der Waals surface area contributed by atoms with Crippen molar-refractivity contribution in [3.05, 3.63) is 53.3 Å². The van der Waals surface area contributed by atoms with Crippen LogP contribution >= 0.6 is 0 Å². The molecule has 40 heavy (non-hydrogen) atoms. The third-order valence-electron chi connectivity index (χ3n) is 9.17. The molecule has 8 nitrogen and oxygen atoms in total. The number of nitrogens with zero attached hydrogens (tertiary/aromatic N) is 4. The van der Waals surface area contributed by atoms with Crippen LogP contribution in [0.2, 0.25) is 0 Å². The highest BCUT2D eigenvalue weighted by Gasteiger charge is 2.33. The maximum atomic E-state index is 12.7. The fourth-order valence-electron chi connectivity index (χ4n) is 7.02. The van der Waals surface area contributed by atoms with E-state index in [-0.39, 0.29) is 35.8 Å². The molecule has 3 aliphatic rings. The fraction of sp³-hybridized carbons (Fsp3) is 0.500. The molecule has 0 N–H and O–H groups in total. The molecule has 3 aromatic rings. The number of ketones is 1. The van der Waals surface area contributed by atoms with Crippen LogP contribution in [0, 0.1) is 5.92 Å². The summed E-state index contributed by atoms with van der Waals surface area (Å²) in [5.74, 6) is 1.51. The number of hydrogen-bond acceptors (Lipinski definition) is 5. The van der Waals surface area contributed by atoms with Crippen LogP contribution in [0.1, 0.15) is 81.8 Å². The topological polar surface area (TPSA) is 84.7 Å². The lowest BCUT2D eigenvalue weighted by Crippen LogP contribution is -2.42. The molecule has 0 bridgehead atoms. The lowest BCUT2D eigenvalue weighted by atomic mass is 9.83. The molecule has 0 radical (unpaired) electrons. The van der Waals surface area contributed by atoms with Crippen molar-refractivity contribution < 1.29 is 19.1 Å². The zero-order chi connectivity index (χ0) is 28.0. The third kappa shape index (κ3) is 4.67. The van der Waals surface area contributed by atoms with Gasteiger partial charge in [-0.25, -0.2) is 9.78 Å². The number of aromatic nitrogens is 2. The Morgan fingerprint density at radius 3 is 2.52 bits per heavy atom. The maximum Gasteiger partial charge on any atom is 0.414 e. The zero-order valence-electron chi connectivity index (χ0n) is 23.7. The van der Waals surface area contributed by atoms with E-state index in [0.717, 1.165) is 90.8 Å². The van der Waals surface area contributed by atoms with Crippen LogP contribution < -0.4 is 9.80 Å². The van der Waals surface area contributed by atoms with E-state index in [4.69, 9.17) is 9.72 Å². The van der Waals surface area contributed by atoms with Gasteiger partial charge in [-0.1, -0.05) is 18.6 Å². The van der Waals surface area contributed by atoms with Crippen molar-refractivity contribution in [1.82, 2.24) is 9.55 Å². The highest BCUT2D eigenvalue weighted by molar-refractivity contribution is 5.96. The van der Waals surface area contributed by atoms with Crippen LogP contribution in [0.5, 0.6) is 0 Å². The number of carbonyl (C=O) groups excluding carboxylic acids is 3. The van der Waals surface area contributed by atoms with Crippen molar-refractivity contribution in [1.29, 1.82) is 0 Å². The van der Waals surface area contributed by atoms with E-state index in [9.17, 15) is 14.4 Å². The number of rotatable bonds is 5. The molecule has 3 heterocycles. The molecule has 6 rings (SSSR count). The average molecular weight is 543 g/mol. The molecule has 2 aliphatic heterocycles. The molecule has 1 aliphatic carbocycles. The number of benzene rings is 2. The molecular formula is C32H38N4O4. The van der Waals surface area contributed by atoms with Gasteiger partial charge in [0.15, 0.2) is 0 Å². The van der Waals surface area contributed by atoms with Gasteiger partial charge in [-0.05, 0) is 82.2 Å². The summed E-state index contributed by atoms with van der Waals surface area (Å²) in [5, 5.41) is 0. The van der Waals surface area contributed by atoms with E-state index in [2.05, 4.69) is 29.7 Å². The van der Waals surface area contributed by atoms with Crippen molar-refractivity contribution in [2.45, 2.75) is 83.7 Å². The summed E-state index contributed by atoms with van der Waals surface area (Å²) in [6.45, 7) is 4.54. The standard InChI is InChI=1S/C32H38N4O4/c1-20-9-14-26-27(35(20)32(39)40-3)15-16-28-31(26)33-29(36(28)25-7-4-6-23(19-25)21(2)37)18-22-10-12-24(13-11-22)34-17-5-8-30(34)38/h10-13,15-16,20,23,25H,4-9,14,17-19H2,1-3H3/t20-,23+,25+/m0/s1. The quantitative estimate of drug-likeness (QED) is 0.396. The lowest BCUT2D eigenvalue weighted by Gasteiger charge is -2.34. The van der Waals surface area contributed by atoms with Crippen molar-refractivity contribution in [2.24, 2.45) is 5.92 Å². The Balaban J connectivity index is 1.42. The van der Waals surface area contributed by atoms with Gasteiger partial charge < -0.3 is 14.2 Å².